The number of amides is 1. The Morgan fingerprint density at radius 3 is 3.05 bits per heavy atom. The zero-order valence-electron chi connectivity index (χ0n) is 10.8. The number of hydrogen-bond acceptors (Lipinski definition) is 5. The Balaban J connectivity index is 1.62. The summed E-state index contributed by atoms with van der Waals surface area (Å²) in [7, 11) is 0. The molecule has 6 nitrogen and oxygen atoms in total. The van der Waals surface area contributed by atoms with Crippen molar-refractivity contribution in [2.24, 2.45) is 5.92 Å². The maximum absolute atomic E-state index is 12.1. The third-order valence-corrected chi connectivity index (χ3v) is 3.99. The van der Waals surface area contributed by atoms with E-state index in [0.717, 1.165) is 43.6 Å². The van der Waals surface area contributed by atoms with E-state index in [1.807, 2.05) is 0 Å². The van der Waals surface area contributed by atoms with Crippen LogP contribution in [0.25, 0.3) is 0 Å². The summed E-state index contributed by atoms with van der Waals surface area (Å²) in [5.74, 6) is 0.747. The first kappa shape index (κ1) is 12.6. The summed E-state index contributed by atoms with van der Waals surface area (Å²) in [5.41, 5.74) is 1.39. The maximum Gasteiger partial charge on any atom is 0.273 e. The Kier molecular flexibility index (Phi) is 3.52. The fraction of sp³-hybridized carbons (Fsp3) is 0.692. The second-order valence-corrected chi connectivity index (χ2v) is 5.34. The predicted octanol–water partition coefficient (Wildman–Crippen LogP) is -0.137. The summed E-state index contributed by atoms with van der Waals surface area (Å²) in [6.45, 7) is 1.80. The molecule has 104 valence electrons. The Bertz CT molecular complexity index is 472. The van der Waals surface area contributed by atoms with Gasteiger partial charge in [-0.1, -0.05) is 5.16 Å². The van der Waals surface area contributed by atoms with E-state index in [0.29, 0.717) is 18.8 Å². The molecule has 2 heterocycles. The first-order valence-corrected chi connectivity index (χ1v) is 6.90. The summed E-state index contributed by atoms with van der Waals surface area (Å²) >= 11 is 0. The van der Waals surface area contributed by atoms with Crippen LogP contribution in [0.4, 0.5) is 0 Å². The van der Waals surface area contributed by atoms with Gasteiger partial charge < -0.3 is 20.3 Å². The largest absolute Gasteiger partial charge is 0.391 e. The predicted molar refractivity (Wildman–Crippen MR) is 67.8 cm³/mol. The number of β-amino-alcohol motifs (C(OH)–C–C–N with tert-alkyl or cyclic N) is 1. The standard InChI is InChI=1S/C13H19N3O3/c17-10-7-14-5-8(10)6-15-13(18)12-9-3-1-2-4-11(9)19-16-12/h8,10,14,17H,1-7H2,(H,15,18). The SMILES string of the molecule is O=C(NCC1CNCC1O)c1noc2c1CCCC2. The van der Waals surface area contributed by atoms with Crippen molar-refractivity contribution in [1.29, 1.82) is 0 Å². The molecule has 1 aromatic heterocycles. The molecule has 0 saturated carbocycles. The smallest absolute Gasteiger partial charge is 0.273 e. The van der Waals surface area contributed by atoms with Crippen LogP contribution in [0.1, 0.15) is 34.7 Å². The Hall–Kier alpha value is -1.40. The average Bonchev–Trinajstić information content (AvgIpc) is 3.02. The maximum atomic E-state index is 12.1. The van der Waals surface area contributed by atoms with E-state index in [-0.39, 0.29) is 17.9 Å². The highest BCUT2D eigenvalue weighted by molar-refractivity contribution is 5.93. The van der Waals surface area contributed by atoms with Crippen LogP contribution in [-0.2, 0) is 12.8 Å². The fourth-order valence-electron chi connectivity index (χ4n) is 2.80. The van der Waals surface area contributed by atoms with Gasteiger partial charge in [0.15, 0.2) is 5.69 Å². The normalized spacial score (nSPS) is 26.2. The minimum absolute atomic E-state index is 0.0756. The summed E-state index contributed by atoms with van der Waals surface area (Å²) in [5, 5.41) is 19.5. The van der Waals surface area contributed by atoms with E-state index in [2.05, 4.69) is 15.8 Å². The van der Waals surface area contributed by atoms with Crippen LogP contribution in [0.3, 0.4) is 0 Å². The molecule has 0 radical (unpaired) electrons. The van der Waals surface area contributed by atoms with Gasteiger partial charge in [-0.3, -0.25) is 4.79 Å². The van der Waals surface area contributed by atoms with Gasteiger partial charge in [0.05, 0.1) is 6.10 Å². The number of nitrogens with zero attached hydrogens (tertiary/aromatic N) is 1. The number of aliphatic hydroxyl groups excluding tert-OH is 1. The van der Waals surface area contributed by atoms with E-state index < -0.39 is 0 Å². The Labute approximate surface area is 111 Å². The summed E-state index contributed by atoms with van der Waals surface area (Å²) < 4.78 is 5.23. The summed E-state index contributed by atoms with van der Waals surface area (Å²) in [6, 6.07) is 0. The molecule has 6 heteroatoms. The average molecular weight is 265 g/mol. The van der Waals surface area contributed by atoms with Gasteiger partial charge in [-0.15, -0.1) is 0 Å². The second-order valence-electron chi connectivity index (χ2n) is 5.34. The molecule has 1 saturated heterocycles. The van der Waals surface area contributed by atoms with Gasteiger partial charge in [0.25, 0.3) is 5.91 Å². The number of fused-ring (bicyclic) bond motifs is 1. The molecule has 0 spiro atoms. The molecule has 3 rings (SSSR count). The number of hydrogen-bond donors (Lipinski definition) is 3. The third kappa shape index (κ3) is 2.50. The monoisotopic (exact) mass is 265 g/mol. The minimum atomic E-state index is -0.383. The second kappa shape index (κ2) is 5.30. The number of aliphatic hydroxyl groups is 1. The molecule has 3 N–H and O–H groups in total. The Morgan fingerprint density at radius 2 is 2.26 bits per heavy atom. The van der Waals surface area contributed by atoms with Crippen molar-refractivity contribution in [3.63, 3.8) is 0 Å². The lowest BCUT2D eigenvalue weighted by Crippen LogP contribution is -2.35. The van der Waals surface area contributed by atoms with Crippen LogP contribution >= 0.6 is 0 Å². The van der Waals surface area contributed by atoms with Crippen molar-refractivity contribution >= 4 is 5.91 Å². The molecule has 2 aliphatic rings. The zero-order chi connectivity index (χ0) is 13.2. The van der Waals surface area contributed by atoms with Gasteiger partial charge in [0, 0.05) is 37.5 Å². The molecular formula is C13H19N3O3. The van der Waals surface area contributed by atoms with Crippen LogP contribution in [0.15, 0.2) is 4.52 Å². The van der Waals surface area contributed by atoms with Crippen LogP contribution in [0.2, 0.25) is 0 Å². The first-order chi connectivity index (χ1) is 9.25. The number of aryl methyl sites for hydroxylation is 1. The molecule has 0 aromatic carbocycles. The van der Waals surface area contributed by atoms with Crippen LogP contribution in [0.5, 0.6) is 0 Å². The molecule has 19 heavy (non-hydrogen) atoms. The highest BCUT2D eigenvalue weighted by atomic mass is 16.5. The lowest BCUT2D eigenvalue weighted by atomic mass is 9.96. The highest BCUT2D eigenvalue weighted by Gasteiger charge is 2.27. The van der Waals surface area contributed by atoms with E-state index in [9.17, 15) is 9.90 Å². The molecular weight excluding hydrogens is 246 g/mol. The van der Waals surface area contributed by atoms with Gasteiger partial charge in [0.1, 0.15) is 5.76 Å². The number of nitrogens with one attached hydrogen (secondary N) is 2. The molecule has 1 fully saturated rings. The van der Waals surface area contributed by atoms with Crippen LogP contribution in [0, 0.1) is 5.92 Å². The number of rotatable bonds is 3. The molecule has 1 aromatic rings. The third-order valence-electron chi connectivity index (χ3n) is 3.99. The quantitative estimate of drug-likeness (QED) is 0.708. The highest BCUT2D eigenvalue weighted by Crippen LogP contribution is 2.24. The summed E-state index contributed by atoms with van der Waals surface area (Å²) in [6.07, 6.45) is 3.55. The van der Waals surface area contributed by atoms with E-state index >= 15 is 0 Å². The fourth-order valence-corrected chi connectivity index (χ4v) is 2.80. The molecule has 1 aliphatic carbocycles. The lowest BCUT2D eigenvalue weighted by Gasteiger charge is -2.14. The van der Waals surface area contributed by atoms with E-state index in [4.69, 9.17) is 4.52 Å². The van der Waals surface area contributed by atoms with Gasteiger partial charge in [-0.05, 0) is 19.3 Å². The topological polar surface area (TPSA) is 87.4 Å². The lowest BCUT2D eigenvalue weighted by molar-refractivity contribution is 0.0917. The summed E-state index contributed by atoms with van der Waals surface area (Å²) in [4.78, 5) is 12.1. The van der Waals surface area contributed by atoms with Crippen molar-refractivity contribution in [3.05, 3.63) is 17.0 Å². The number of aromatic nitrogens is 1. The Morgan fingerprint density at radius 1 is 1.42 bits per heavy atom. The van der Waals surface area contributed by atoms with Crippen LogP contribution in [-0.4, -0.2) is 41.9 Å². The van der Waals surface area contributed by atoms with Crippen molar-refractivity contribution in [2.75, 3.05) is 19.6 Å². The first-order valence-electron chi connectivity index (χ1n) is 6.90. The molecule has 2 unspecified atom stereocenters. The van der Waals surface area contributed by atoms with Gasteiger partial charge in [-0.2, -0.15) is 0 Å². The van der Waals surface area contributed by atoms with Crippen molar-refractivity contribution < 1.29 is 14.4 Å². The van der Waals surface area contributed by atoms with Gasteiger partial charge in [0.2, 0.25) is 0 Å². The van der Waals surface area contributed by atoms with Crippen molar-refractivity contribution in [1.82, 2.24) is 15.8 Å². The van der Waals surface area contributed by atoms with E-state index in [1.165, 1.54) is 0 Å². The minimum Gasteiger partial charge on any atom is -0.391 e. The molecule has 0 bridgehead atoms. The van der Waals surface area contributed by atoms with Gasteiger partial charge in [-0.25, -0.2) is 0 Å². The van der Waals surface area contributed by atoms with E-state index in [1.54, 1.807) is 0 Å². The molecule has 1 amide bonds. The number of carbonyl (C=O) groups is 1. The molecule has 2 atom stereocenters. The van der Waals surface area contributed by atoms with Crippen LogP contribution < -0.4 is 10.6 Å². The zero-order valence-corrected chi connectivity index (χ0v) is 10.8. The number of carbonyl (C=O) groups excluding carboxylic acids is 1. The van der Waals surface area contributed by atoms with Crippen molar-refractivity contribution in [2.45, 2.75) is 31.8 Å². The van der Waals surface area contributed by atoms with Gasteiger partial charge >= 0.3 is 0 Å². The molecule has 1 aliphatic heterocycles. The van der Waals surface area contributed by atoms with Crippen molar-refractivity contribution in [3.8, 4) is 0 Å².